The first-order valence-corrected chi connectivity index (χ1v) is 10.8. The molecule has 0 fully saturated rings. The zero-order chi connectivity index (χ0) is 24.6. The maximum atomic E-state index is 12.9. The van der Waals surface area contributed by atoms with Crippen molar-refractivity contribution in [1.29, 1.82) is 16.2 Å². The molecule has 9 nitrogen and oxygen atoms in total. The molecule has 0 bridgehead atoms. The first kappa shape index (κ1) is 23.1. The van der Waals surface area contributed by atoms with Crippen molar-refractivity contribution in [2.75, 3.05) is 10.6 Å². The highest BCUT2D eigenvalue weighted by Gasteiger charge is 2.26. The van der Waals surface area contributed by atoms with Gasteiger partial charge in [0.25, 0.3) is 5.91 Å². The molecule has 3 aromatic carbocycles. The van der Waals surface area contributed by atoms with Gasteiger partial charge in [-0.25, -0.2) is 4.99 Å². The Bertz CT molecular complexity index is 1310. The molecule has 174 valence electrons. The van der Waals surface area contributed by atoms with E-state index in [0.29, 0.717) is 17.0 Å². The van der Waals surface area contributed by atoms with Gasteiger partial charge in [0.15, 0.2) is 5.96 Å². The average Bonchev–Trinajstić information content (AvgIpc) is 3.01. The molecule has 1 heterocycles. The highest BCUT2D eigenvalue weighted by Crippen LogP contribution is 2.23. The van der Waals surface area contributed by atoms with Crippen molar-refractivity contribution in [3.8, 4) is 0 Å². The van der Waals surface area contributed by atoms with Crippen LogP contribution in [0.2, 0.25) is 0 Å². The maximum absolute atomic E-state index is 12.9. The second kappa shape index (κ2) is 10.7. The van der Waals surface area contributed by atoms with Crippen LogP contribution in [0.1, 0.15) is 16.7 Å². The SMILES string of the molecule is N=C/C=C\Nc1ccc(C(=N)NC(=N)NC2N=C(c3ccccc3)c3ccccc3NC2=O)cc1. The van der Waals surface area contributed by atoms with Crippen LogP contribution in [0.5, 0.6) is 0 Å². The van der Waals surface area contributed by atoms with E-state index in [2.05, 4.69) is 26.3 Å². The van der Waals surface area contributed by atoms with E-state index in [1.165, 1.54) is 6.21 Å². The van der Waals surface area contributed by atoms with E-state index in [1.54, 1.807) is 36.5 Å². The van der Waals surface area contributed by atoms with Crippen molar-refractivity contribution < 1.29 is 4.79 Å². The summed E-state index contributed by atoms with van der Waals surface area (Å²) in [5.74, 6) is -0.642. The Morgan fingerprint density at radius 1 is 0.943 bits per heavy atom. The Kier molecular flexibility index (Phi) is 7.08. The van der Waals surface area contributed by atoms with Crippen LogP contribution in [0.3, 0.4) is 0 Å². The Hall–Kier alpha value is -5.05. The maximum Gasteiger partial charge on any atom is 0.269 e. The topological polar surface area (TPSA) is 149 Å². The minimum atomic E-state index is -1.07. The van der Waals surface area contributed by atoms with E-state index in [9.17, 15) is 4.79 Å². The van der Waals surface area contributed by atoms with E-state index in [4.69, 9.17) is 16.2 Å². The summed E-state index contributed by atoms with van der Waals surface area (Å²) in [7, 11) is 0. The standard InChI is InChI=1S/C26H24N8O/c27-15-6-16-30-19-13-11-18(12-14-19)23(28)33-26(29)34-24-25(35)31-21-10-5-4-9-20(21)22(32-24)17-7-2-1-3-8-17/h1-16,24,27,30H,(H,31,35)(H4,28,29,33,34)/b16-6-,27-15?. The number of hydrogen-bond donors (Lipinski definition) is 7. The van der Waals surface area contributed by atoms with Crippen molar-refractivity contribution in [2.24, 2.45) is 4.99 Å². The molecular weight excluding hydrogens is 440 g/mol. The first-order chi connectivity index (χ1) is 17.0. The summed E-state index contributed by atoms with van der Waals surface area (Å²) in [6.07, 6.45) is 3.28. The average molecular weight is 465 g/mol. The third-order valence-electron chi connectivity index (χ3n) is 5.14. The summed E-state index contributed by atoms with van der Waals surface area (Å²) >= 11 is 0. The number of carbonyl (C=O) groups is 1. The number of guanidine groups is 1. The van der Waals surface area contributed by atoms with Gasteiger partial charge in [-0.05, 0) is 36.4 Å². The minimum absolute atomic E-state index is 0.00587. The van der Waals surface area contributed by atoms with Crippen LogP contribution in [0.25, 0.3) is 0 Å². The van der Waals surface area contributed by atoms with Gasteiger partial charge < -0.3 is 26.7 Å². The summed E-state index contributed by atoms with van der Waals surface area (Å²) in [5, 5.41) is 34.9. The second-order valence-corrected chi connectivity index (χ2v) is 7.55. The molecule has 0 radical (unpaired) electrons. The third-order valence-corrected chi connectivity index (χ3v) is 5.14. The lowest BCUT2D eigenvalue weighted by Gasteiger charge is -2.16. The van der Waals surface area contributed by atoms with Crippen LogP contribution in [0.4, 0.5) is 11.4 Å². The summed E-state index contributed by atoms with van der Waals surface area (Å²) in [6.45, 7) is 0. The lowest BCUT2D eigenvalue weighted by Crippen LogP contribution is -2.49. The monoisotopic (exact) mass is 464 g/mol. The normalized spacial score (nSPS) is 14.7. The second-order valence-electron chi connectivity index (χ2n) is 7.55. The molecule has 7 N–H and O–H groups in total. The van der Waals surface area contributed by atoms with Gasteiger partial charge in [0, 0.05) is 34.8 Å². The lowest BCUT2D eigenvalue weighted by atomic mass is 10.0. The molecule has 4 rings (SSSR count). The largest absolute Gasteiger partial charge is 0.362 e. The molecule has 0 spiro atoms. The summed E-state index contributed by atoms with van der Waals surface area (Å²) < 4.78 is 0. The predicted molar refractivity (Wildman–Crippen MR) is 140 cm³/mol. The van der Waals surface area contributed by atoms with E-state index in [-0.39, 0.29) is 11.8 Å². The fraction of sp³-hybridized carbons (Fsp3) is 0.0385. The number of rotatable bonds is 6. The summed E-state index contributed by atoms with van der Waals surface area (Å²) in [6, 6.07) is 24.0. The van der Waals surface area contributed by atoms with Gasteiger partial charge in [-0.2, -0.15) is 0 Å². The van der Waals surface area contributed by atoms with Crippen LogP contribution in [0, 0.1) is 16.2 Å². The molecule has 9 heteroatoms. The summed E-state index contributed by atoms with van der Waals surface area (Å²) in [4.78, 5) is 17.6. The number of para-hydroxylation sites is 1. The molecule has 1 amide bonds. The third kappa shape index (κ3) is 5.66. The first-order valence-electron chi connectivity index (χ1n) is 10.8. The van der Waals surface area contributed by atoms with Gasteiger partial charge in [0.1, 0.15) is 5.84 Å². The van der Waals surface area contributed by atoms with Gasteiger partial charge in [-0.15, -0.1) is 0 Å². The molecular formula is C26H24N8O. The molecule has 0 aromatic heterocycles. The number of allylic oxidation sites excluding steroid dienone is 1. The Morgan fingerprint density at radius 3 is 2.40 bits per heavy atom. The highest BCUT2D eigenvalue weighted by atomic mass is 16.2. The molecule has 1 aliphatic rings. The zero-order valence-corrected chi connectivity index (χ0v) is 18.7. The van der Waals surface area contributed by atoms with Gasteiger partial charge in [0.05, 0.1) is 11.4 Å². The predicted octanol–water partition coefficient (Wildman–Crippen LogP) is 3.52. The molecule has 1 atom stereocenters. The fourth-order valence-electron chi connectivity index (χ4n) is 3.48. The van der Waals surface area contributed by atoms with Crippen molar-refractivity contribution in [3.63, 3.8) is 0 Å². The quantitative estimate of drug-likeness (QED) is 0.221. The van der Waals surface area contributed by atoms with Crippen LogP contribution >= 0.6 is 0 Å². The smallest absolute Gasteiger partial charge is 0.269 e. The highest BCUT2D eigenvalue weighted by molar-refractivity contribution is 6.20. The molecule has 1 aliphatic heterocycles. The van der Waals surface area contributed by atoms with E-state index in [0.717, 1.165) is 16.8 Å². The Labute approximate surface area is 202 Å². The van der Waals surface area contributed by atoms with Crippen molar-refractivity contribution >= 4 is 41.0 Å². The van der Waals surface area contributed by atoms with Crippen molar-refractivity contribution in [2.45, 2.75) is 6.17 Å². The Morgan fingerprint density at radius 2 is 1.66 bits per heavy atom. The number of amides is 1. The summed E-state index contributed by atoms with van der Waals surface area (Å²) in [5.41, 5.74) is 4.25. The fourth-order valence-corrected chi connectivity index (χ4v) is 3.48. The molecule has 1 unspecified atom stereocenters. The number of fused-ring (bicyclic) bond motifs is 1. The number of nitrogens with one attached hydrogen (secondary N) is 7. The van der Waals surface area contributed by atoms with Gasteiger partial charge >= 0.3 is 0 Å². The molecule has 3 aromatic rings. The van der Waals surface area contributed by atoms with Crippen LogP contribution < -0.4 is 21.3 Å². The minimum Gasteiger partial charge on any atom is -0.362 e. The molecule has 35 heavy (non-hydrogen) atoms. The van der Waals surface area contributed by atoms with Gasteiger partial charge in [0.2, 0.25) is 6.17 Å². The Balaban J connectivity index is 1.49. The van der Waals surface area contributed by atoms with Gasteiger partial charge in [-0.3, -0.25) is 15.6 Å². The van der Waals surface area contributed by atoms with Crippen LogP contribution in [-0.4, -0.2) is 35.8 Å². The number of nitrogens with zero attached hydrogens (tertiary/aromatic N) is 1. The number of carbonyl (C=O) groups excluding carboxylic acids is 1. The number of anilines is 2. The molecule has 0 saturated heterocycles. The zero-order valence-electron chi connectivity index (χ0n) is 18.7. The van der Waals surface area contributed by atoms with E-state index >= 15 is 0 Å². The lowest BCUT2D eigenvalue weighted by molar-refractivity contribution is -0.117. The number of benzene rings is 3. The van der Waals surface area contributed by atoms with Crippen LogP contribution in [-0.2, 0) is 4.79 Å². The van der Waals surface area contributed by atoms with Crippen molar-refractivity contribution in [3.05, 3.63) is 108 Å². The van der Waals surface area contributed by atoms with Crippen LogP contribution in [0.15, 0.2) is 96.1 Å². The number of hydrogen-bond acceptors (Lipinski definition) is 6. The molecule has 0 aliphatic carbocycles. The number of aliphatic imine (C=N–C) groups is 1. The molecule has 0 saturated carbocycles. The van der Waals surface area contributed by atoms with E-state index in [1.807, 2.05) is 54.6 Å². The number of benzodiazepines with no additional fused rings is 1. The van der Waals surface area contributed by atoms with Crippen molar-refractivity contribution in [1.82, 2.24) is 10.6 Å². The van der Waals surface area contributed by atoms with E-state index < -0.39 is 12.1 Å². The number of amidine groups is 1. The van der Waals surface area contributed by atoms with Gasteiger partial charge in [-0.1, -0.05) is 48.5 Å².